The van der Waals surface area contributed by atoms with E-state index in [9.17, 15) is 8.78 Å². The van der Waals surface area contributed by atoms with Gasteiger partial charge in [0.2, 0.25) is 0 Å². The van der Waals surface area contributed by atoms with Crippen molar-refractivity contribution in [1.82, 2.24) is 4.98 Å². The topological polar surface area (TPSA) is 12.9 Å². The number of halogens is 3. The highest BCUT2D eigenvalue weighted by molar-refractivity contribution is 6.30. The summed E-state index contributed by atoms with van der Waals surface area (Å²) in [6.07, 6.45) is 1.75. The largest absolute Gasteiger partial charge is 0.255 e. The van der Waals surface area contributed by atoms with Gasteiger partial charge in [-0.2, -0.15) is 0 Å². The van der Waals surface area contributed by atoms with E-state index < -0.39 is 0 Å². The van der Waals surface area contributed by atoms with Crippen LogP contribution in [0.3, 0.4) is 0 Å². The molecule has 0 amide bonds. The van der Waals surface area contributed by atoms with Gasteiger partial charge in [-0.05, 0) is 53.6 Å². The quantitative estimate of drug-likeness (QED) is 0.374. The SMILES string of the molecule is Fc1ccc(-c2cnc(-c3ccc(Cl)cc3)c(-c3ccc(F)cc3)c2)cc1. The van der Waals surface area contributed by atoms with Gasteiger partial charge in [-0.3, -0.25) is 4.98 Å². The first kappa shape index (κ1) is 17.4. The Morgan fingerprint density at radius 3 is 1.70 bits per heavy atom. The summed E-state index contributed by atoms with van der Waals surface area (Å²) >= 11 is 6.00. The van der Waals surface area contributed by atoms with E-state index in [1.165, 1.54) is 24.3 Å². The molecule has 0 saturated carbocycles. The molecular weight excluding hydrogens is 364 g/mol. The van der Waals surface area contributed by atoms with E-state index in [1.54, 1.807) is 42.6 Å². The summed E-state index contributed by atoms with van der Waals surface area (Å²) in [4.78, 5) is 4.65. The molecule has 0 atom stereocenters. The summed E-state index contributed by atoms with van der Waals surface area (Å²) in [6, 6.07) is 21.9. The first-order valence-electron chi connectivity index (χ1n) is 8.38. The second kappa shape index (κ2) is 7.29. The summed E-state index contributed by atoms with van der Waals surface area (Å²) in [7, 11) is 0. The number of benzene rings is 3. The Kier molecular flexibility index (Phi) is 4.69. The van der Waals surface area contributed by atoms with Crippen LogP contribution in [0.15, 0.2) is 85.1 Å². The molecule has 4 aromatic rings. The minimum atomic E-state index is -0.297. The summed E-state index contributed by atoms with van der Waals surface area (Å²) in [6.45, 7) is 0. The Bertz CT molecular complexity index is 1070. The second-order valence-corrected chi connectivity index (χ2v) is 6.58. The van der Waals surface area contributed by atoms with E-state index in [-0.39, 0.29) is 11.6 Å². The molecule has 1 heterocycles. The molecule has 0 aliphatic heterocycles. The lowest BCUT2D eigenvalue weighted by atomic mass is 9.96. The predicted octanol–water partition coefficient (Wildman–Crippen LogP) is 7.01. The van der Waals surface area contributed by atoms with Crippen LogP contribution in [-0.4, -0.2) is 4.98 Å². The molecule has 0 unspecified atom stereocenters. The van der Waals surface area contributed by atoms with Gasteiger partial charge in [0, 0.05) is 27.9 Å². The Morgan fingerprint density at radius 2 is 1.11 bits per heavy atom. The van der Waals surface area contributed by atoms with Crippen molar-refractivity contribution in [2.75, 3.05) is 0 Å². The molecule has 0 radical (unpaired) electrons. The fraction of sp³-hybridized carbons (Fsp3) is 0. The normalized spacial score (nSPS) is 10.8. The van der Waals surface area contributed by atoms with Crippen molar-refractivity contribution < 1.29 is 8.78 Å². The zero-order valence-electron chi connectivity index (χ0n) is 14.2. The van der Waals surface area contributed by atoms with Gasteiger partial charge in [0.15, 0.2) is 0 Å². The lowest BCUT2D eigenvalue weighted by molar-refractivity contribution is 0.627. The Balaban J connectivity index is 1.89. The van der Waals surface area contributed by atoms with Crippen LogP contribution >= 0.6 is 11.6 Å². The molecule has 3 aromatic carbocycles. The monoisotopic (exact) mass is 377 g/mol. The van der Waals surface area contributed by atoms with E-state index in [2.05, 4.69) is 4.98 Å². The zero-order chi connectivity index (χ0) is 18.8. The van der Waals surface area contributed by atoms with E-state index in [4.69, 9.17) is 11.6 Å². The summed E-state index contributed by atoms with van der Waals surface area (Å²) in [5.41, 5.74) is 5.09. The van der Waals surface area contributed by atoms with Gasteiger partial charge < -0.3 is 0 Å². The number of hydrogen-bond acceptors (Lipinski definition) is 1. The molecule has 0 fully saturated rings. The maximum atomic E-state index is 13.4. The van der Waals surface area contributed by atoms with Gasteiger partial charge in [-0.25, -0.2) is 8.78 Å². The molecule has 132 valence electrons. The van der Waals surface area contributed by atoms with Crippen LogP contribution in [0, 0.1) is 11.6 Å². The Morgan fingerprint density at radius 1 is 0.593 bits per heavy atom. The molecule has 0 N–H and O–H groups in total. The minimum absolute atomic E-state index is 0.289. The molecule has 0 bridgehead atoms. The van der Waals surface area contributed by atoms with Crippen molar-refractivity contribution in [3.05, 3.63) is 102 Å². The van der Waals surface area contributed by atoms with Crippen LogP contribution in [0.1, 0.15) is 0 Å². The van der Waals surface area contributed by atoms with Crippen molar-refractivity contribution >= 4 is 11.6 Å². The van der Waals surface area contributed by atoms with Gasteiger partial charge in [0.1, 0.15) is 11.6 Å². The number of pyridine rings is 1. The van der Waals surface area contributed by atoms with Crippen LogP contribution in [0.2, 0.25) is 5.02 Å². The fourth-order valence-electron chi connectivity index (χ4n) is 2.95. The van der Waals surface area contributed by atoms with Crippen molar-refractivity contribution in [2.45, 2.75) is 0 Å². The first-order chi connectivity index (χ1) is 13.1. The highest BCUT2D eigenvalue weighted by Crippen LogP contribution is 2.34. The molecule has 0 aliphatic carbocycles. The standard InChI is InChI=1S/C23H14ClF2N/c24-19-7-1-17(2-8-19)23-22(16-5-11-21(26)12-6-16)13-18(14-27-23)15-3-9-20(25)10-4-15/h1-14H. The lowest BCUT2D eigenvalue weighted by Crippen LogP contribution is -1.92. The maximum absolute atomic E-state index is 13.4. The van der Waals surface area contributed by atoms with E-state index >= 15 is 0 Å². The van der Waals surface area contributed by atoms with Crippen molar-refractivity contribution in [3.8, 4) is 33.5 Å². The van der Waals surface area contributed by atoms with E-state index in [0.29, 0.717) is 5.02 Å². The molecule has 0 aliphatic rings. The lowest BCUT2D eigenvalue weighted by Gasteiger charge is -2.12. The summed E-state index contributed by atoms with van der Waals surface area (Å²) < 4.78 is 26.6. The third kappa shape index (κ3) is 3.74. The molecular formula is C23H14ClF2N. The van der Waals surface area contributed by atoms with Gasteiger partial charge >= 0.3 is 0 Å². The summed E-state index contributed by atoms with van der Waals surface area (Å²) in [5, 5.41) is 0.644. The first-order valence-corrected chi connectivity index (χ1v) is 8.76. The van der Waals surface area contributed by atoms with Crippen LogP contribution in [0.4, 0.5) is 8.78 Å². The van der Waals surface area contributed by atoms with Gasteiger partial charge in [0.25, 0.3) is 0 Å². The predicted molar refractivity (Wildman–Crippen MR) is 105 cm³/mol. The molecule has 27 heavy (non-hydrogen) atoms. The Labute approximate surface area is 160 Å². The molecule has 0 saturated heterocycles. The molecule has 4 heteroatoms. The van der Waals surface area contributed by atoms with Crippen molar-refractivity contribution in [1.29, 1.82) is 0 Å². The number of nitrogens with zero attached hydrogens (tertiary/aromatic N) is 1. The zero-order valence-corrected chi connectivity index (χ0v) is 14.9. The third-order valence-electron chi connectivity index (χ3n) is 4.34. The van der Waals surface area contributed by atoms with Crippen LogP contribution < -0.4 is 0 Å². The smallest absolute Gasteiger partial charge is 0.123 e. The van der Waals surface area contributed by atoms with Crippen LogP contribution in [0.25, 0.3) is 33.5 Å². The molecule has 0 spiro atoms. The van der Waals surface area contributed by atoms with Gasteiger partial charge in [0.05, 0.1) is 5.69 Å². The van der Waals surface area contributed by atoms with Crippen LogP contribution in [-0.2, 0) is 0 Å². The fourth-order valence-corrected chi connectivity index (χ4v) is 3.08. The highest BCUT2D eigenvalue weighted by Gasteiger charge is 2.12. The third-order valence-corrected chi connectivity index (χ3v) is 4.59. The second-order valence-electron chi connectivity index (χ2n) is 6.14. The molecule has 1 aromatic heterocycles. The van der Waals surface area contributed by atoms with Crippen LogP contribution in [0.5, 0.6) is 0 Å². The number of hydrogen-bond donors (Lipinski definition) is 0. The maximum Gasteiger partial charge on any atom is 0.123 e. The highest BCUT2D eigenvalue weighted by atomic mass is 35.5. The Hall–Kier alpha value is -3.04. The van der Waals surface area contributed by atoms with Gasteiger partial charge in [-0.1, -0.05) is 48.0 Å². The number of aromatic nitrogens is 1. The number of rotatable bonds is 3. The van der Waals surface area contributed by atoms with Crippen molar-refractivity contribution in [2.24, 2.45) is 0 Å². The molecule has 4 rings (SSSR count). The molecule has 1 nitrogen and oxygen atoms in total. The van der Waals surface area contributed by atoms with E-state index in [1.807, 2.05) is 18.2 Å². The van der Waals surface area contributed by atoms with E-state index in [0.717, 1.165) is 33.5 Å². The average molecular weight is 378 g/mol. The summed E-state index contributed by atoms with van der Waals surface area (Å²) in [5.74, 6) is -0.585. The van der Waals surface area contributed by atoms with Gasteiger partial charge in [-0.15, -0.1) is 0 Å². The van der Waals surface area contributed by atoms with Crippen molar-refractivity contribution in [3.63, 3.8) is 0 Å². The minimum Gasteiger partial charge on any atom is -0.255 e. The average Bonchev–Trinajstić information content (AvgIpc) is 2.69.